The minimum atomic E-state index is -1.23. The average molecular weight is 308 g/mol. The molecule has 0 aliphatic carbocycles. The fourth-order valence-corrected chi connectivity index (χ4v) is 2.25. The lowest BCUT2D eigenvalue weighted by atomic mass is 9.97. The highest BCUT2D eigenvalue weighted by Crippen LogP contribution is 2.19. The first-order valence-corrected chi connectivity index (χ1v) is 7.76. The van der Waals surface area contributed by atoms with Gasteiger partial charge in [-0.2, -0.15) is 0 Å². The van der Waals surface area contributed by atoms with Crippen molar-refractivity contribution in [3.05, 3.63) is 36.0 Å². The summed E-state index contributed by atoms with van der Waals surface area (Å²) < 4.78 is 10.8. The molecule has 0 aromatic rings. The number of cyclic esters (lactones) is 1. The monoisotopic (exact) mass is 308 g/mol. The van der Waals surface area contributed by atoms with Crippen LogP contribution in [0.3, 0.4) is 0 Å². The number of esters is 1. The lowest BCUT2D eigenvalue weighted by Gasteiger charge is -2.21. The molecular weight excluding hydrogens is 280 g/mol. The molecule has 4 atom stereocenters. The summed E-state index contributed by atoms with van der Waals surface area (Å²) in [5.41, 5.74) is -0.123. The first-order valence-electron chi connectivity index (χ1n) is 7.76. The molecule has 1 N–H and O–H groups in total. The second-order valence-corrected chi connectivity index (χ2v) is 6.22. The van der Waals surface area contributed by atoms with Gasteiger partial charge in [0.25, 0.3) is 0 Å². The van der Waals surface area contributed by atoms with E-state index in [4.69, 9.17) is 9.47 Å². The smallest absolute Gasteiger partial charge is 0.330 e. The van der Waals surface area contributed by atoms with Crippen LogP contribution in [0.1, 0.15) is 40.5 Å². The van der Waals surface area contributed by atoms with Crippen LogP contribution in [-0.2, 0) is 14.3 Å². The maximum atomic E-state index is 11.8. The van der Waals surface area contributed by atoms with Crippen LogP contribution in [-0.4, -0.2) is 36.0 Å². The van der Waals surface area contributed by atoms with Gasteiger partial charge in [0, 0.05) is 13.2 Å². The first-order chi connectivity index (χ1) is 10.2. The van der Waals surface area contributed by atoms with Crippen LogP contribution in [0.15, 0.2) is 36.0 Å². The molecule has 0 amide bonds. The summed E-state index contributed by atoms with van der Waals surface area (Å²) in [4.78, 5) is 11.8. The Kier molecular flexibility index (Phi) is 7.04. The highest BCUT2D eigenvalue weighted by atomic mass is 16.5. The minimum absolute atomic E-state index is 0.160. The molecule has 1 aliphatic rings. The molecule has 4 nitrogen and oxygen atoms in total. The van der Waals surface area contributed by atoms with E-state index in [1.54, 1.807) is 26.2 Å². The molecule has 0 bridgehead atoms. The molecule has 124 valence electrons. The van der Waals surface area contributed by atoms with Crippen molar-refractivity contribution in [1.82, 2.24) is 0 Å². The van der Waals surface area contributed by atoms with E-state index in [2.05, 4.69) is 13.0 Å². The molecule has 0 radical (unpaired) electrons. The Morgan fingerprint density at radius 2 is 2.05 bits per heavy atom. The lowest BCUT2D eigenvalue weighted by molar-refractivity contribution is -0.144. The van der Waals surface area contributed by atoms with Crippen molar-refractivity contribution in [2.24, 2.45) is 5.92 Å². The molecule has 4 unspecified atom stereocenters. The van der Waals surface area contributed by atoms with E-state index in [1.165, 1.54) is 12.2 Å². The van der Waals surface area contributed by atoms with E-state index in [0.29, 0.717) is 0 Å². The SMILES string of the molecule is COC1C=CC(C)(O)C=CC(=O)OC(C)C(C)CCC=C1C. The van der Waals surface area contributed by atoms with Gasteiger partial charge in [0.15, 0.2) is 0 Å². The average Bonchev–Trinajstić information content (AvgIpc) is 2.44. The van der Waals surface area contributed by atoms with Crippen molar-refractivity contribution in [3.8, 4) is 0 Å². The third-order valence-corrected chi connectivity index (χ3v) is 4.06. The molecule has 0 spiro atoms. The van der Waals surface area contributed by atoms with Crippen molar-refractivity contribution in [3.63, 3.8) is 0 Å². The minimum Gasteiger partial charge on any atom is -0.459 e. The molecule has 0 fully saturated rings. The van der Waals surface area contributed by atoms with Crippen LogP contribution in [0.5, 0.6) is 0 Å². The number of allylic oxidation sites excluding steroid dienone is 1. The van der Waals surface area contributed by atoms with E-state index in [1.807, 2.05) is 13.8 Å². The predicted octanol–water partition coefficient (Wildman–Crippen LogP) is 3.17. The number of ether oxygens (including phenoxy) is 2. The zero-order valence-corrected chi connectivity index (χ0v) is 14.2. The van der Waals surface area contributed by atoms with E-state index < -0.39 is 11.6 Å². The number of hydrogen-bond acceptors (Lipinski definition) is 4. The maximum Gasteiger partial charge on any atom is 0.330 e. The van der Waals surface area contributed by atoms with Crippen molar-refractivity contribution in [2.75, 3.05) is 7.11 Å². The van der Waals surface area contributed by atoms with Crippen molar-refractivity contribution < 1.29 is 19.4 Å². The molecule has 0 saturated heterocycles. The Morgan fingerprint density at radius 1 is 1.36 bits per heavy atom. The van der Waals surface area contributed by atoms with Gasteiger partial charge < -0.3 is 14.6 Å². The van der Waals surface area contributed by atoms with Crippen molar-refractivity contribution in [1.29, 1.82) is 0 Å². The van der Waals surface area contributed by atoms with Gasteiger partial charge >= 0.3 is 5.97 Å². The second kappa shape index (κ2) is 8.30. The fourth-order valence-electron chi connectivity index (χ4n) is 2.25. The summed E-state index contributed by atoms with van der Waals surface area (Å²) in [6.45, 7) is 7.59. The van der Waals surface area contributed by atoms with Crippen molar-refractivity contribution >= 4 is 5.97 Å². The van der Waals surface area contributed by atoms with E-state index in [9.17, 15) is 9.90 Å². The maximum absolute atomic E-state index is 11.8. The Bertz CT molecular complexity index is 460. The van der Waals surface area contributed by atoms with Gasteiger partial charge in [0.05, 0.1) is 11.7 Å². The standard InChI is InChI=1S/C18H28O4/c1-13-7-6-8-14(2)16(21-5)9-11-18(4,20)12-10-17(19)22-15(13)3/h8-13,15-16,20H,6-7H2,1-5H3. The number of carbonyl (C=O) groups is 1. The number of carbonyl (C=O) groups excluding carboxylic acids is 1. The summed E-state index contributed by atoms with van der Waals surface area (Å²) in [5.74, 6) is -0.165. The Morgan fingerprint density at radius 3 is 2.68 bits per heavy atom. The van der Waals surface area contributed by atoms with Gasteiger partial charge in [0.2, 0.25) is 0 Å². The van der Waals surface area contributed by atoms with Gasteiger partial charge in [-0.05, 0) is 51.2 Å². The number of rotatable bonds is 1. The predicted molar refractivity (Wildman–Crippen MR) is 87.4 cm³/mol. The molecule has 0 aromatic carbocycles. The summed E-state index contributed by atoms with van der Waals surface area (Å²) in [6.07, 6.45) is 9.78. The Hall–Kier alpha value is -1.39. The number of methoxy groups -OCH3 is 1. The van der Waals surface area contributed by atoms with E-state index in [0.717, 1.165) is 18.4 Å². The summed E-state index contributed by atoms with van der Waals surface area (Å²) in [5, 5.41) is 10.3. The quantitative estimate of drug-likeness (QED) is 0.597. The zero-order valence-electron chi connectivity index (χ0n) is 14.2. The van der Waals surface area contributed by atoms with E-state index >= 15 is 0 Å². The second-order valence-electron chi connectivity index (χ2n) is 6.22. The highest BCUT2D eigenvalue weighted by molar-refractivity contribution is 5.82. The molecule has 22 heavy (non-hydrogen) atoms. The molecule has 1 heterocycles. The number of aliphatic hydroxyl groups is 1. The van der Waals surface area contributed by atoms with Crippen LogP contribution in [0.2, 0.25) is 0 Å². The molecule has 0 aromatic heterocycles. The largest absolute Gasteiger partial charge is 0.459 e. The van der Waals surface area contributed by atoms with E-state index in [-0.39, 0.29) is 18.1 Å². The molecule has 4 heteroatoms. The molecule has 0 saturated carbocycles. The normalized spacial score (nSPS) is 34.7. The van der Waals surface area contributed by atoms with Gasteiger partial charge in [-0.1, -0.05) is 25.2 Å². The zero-order chi connectivity index (χ0) is 16.8. The molecule has 1 rings (SSSR count). The summed E-state index contributed by atoms with van der Waals surface area (Å²) in [7, 11) is 1.64. The first kappa shape index (κ1) is 18.7. The highest BCUT2D eigenvalue weighted by Gasteiger charge is 2.18. The summed E-state index contributed by atoms with van der Waals surface area (Å²) >= 11 is 0. The molecular formula is C18H28O4. The van der Waals surface area contributed by atoms with Crippen LogP contribution < -0.4 is 0 Å². The van der Waals surface area contributed by atoms with Crippen LogP contribution >= 0.6 is 0 Å². The van der Waals surface area contributed by atoms with Crippen molar-refractivity contribution in [2.45, 2.75) is 58.3 Å². The van der Waals surface area contributed by atoms with Gasteiger partial charge in [0.1, 0.15) is 6.10 Å². The lowest BCUT2D eigenvalue weighted by Crippen LogP contribution is -2.23. The van der Waals surface area contributed by atoms with Crippen LogP contribution in [0.4, 0.5) is 0 Å². The van der Waals surface area contributed by atoms with Crippen LogP contribution in [0, 0.1) is 5.92 Å². The van der Waals surface area contributed by atoms with Gasteiger partial charge in [-0.25, -0.2) is 4.79 Å². The fraction of sp³-hybridized carbons (Fsp3) is 0.611. The third kappa shape index (κ3) is 6.16. The molecule has 1 aliphatic heterocycles. The summed E-state index contributed by atoms with van der Waals surface area (Å²) in [6, 6.07) is 0. The van der Waals surface area contributed by atoms with Gasteiger partial charge in [-0.3, -0.25) is 0 Å². The Balaban J connectivity index is 3.04. The third-order valence-electron chi connectivity index (χ3n) is 4.06. The Labute approximate surface area is 133 Å². The van der Waals surface area contributed by atoms with Crippen LogP contribution in [0.25, 0.3) is 0 Å². The number of hydrogen-bond donors (Lipinski definition) is 1. The topological polar surface area (TPSA) is 55.8 Å². The van der Waals surface area contributed by atoms with Gasteiger partial charge in [-0.15, -0.1) is 0 Å².